The largest absolute Gasteiger partial charge is 0.462 e. The summed E-state index contributed by atoms with van der Waals surface area (Å²) < 4.78 is 6.51. The van der Waals surface area contributed by atoms with Crippen molar-refractivity contribution in [2.45, 2.75) is 13.8 Å². The van der Waals surface area contributed by atoms with Gasteiger partial charge in [-0.3, -0.25) is 9.48 Å². The molecule has 0 saturated heterocycles. The topological polar surface area (TPSA) is 73.2 Å². The smallest absolute Gasteiger partial charge is 0.343 e. The van der Waals surface area contributed by atoms with Crippen molar-refractivity contribution in [3.63, 3.8) is 0 Å². The zero-order valence-electron chi connectivity index (χ0n) is 13.4. The first-order valence-corrected chi connectivity index (χ1v) is 7.26. The van der Waals surface area contributed by atoms with Crippen molar-refractivity contribution in [3.05, 3.63) is 59.4 Å². The van der Waals surface area contributed by atoms with Crippen LogP contribution in [-0.4, -0.2) is 28.1 Å². The summed E-state index contributed by atoms with van der Waals surface area (Å²) in [5, 5.41) is 7.17. The lowest BCUT2D eigenvalue weighted by Crippen LogP contribution is -2.08. The number of esters is 1. The highest BCUT2D eigenvalue weighted by Gasteiger charge is 2.17. The molecule has 1 heterocycles. The number of hydrogen-bond donors (Lipinski definition) is 1. The van der Waals surface area contributed by atoms with Crippen molar-refractivity contribution in [3.8, 4) is 0 Å². The summed E-state index contributed by atoms with van der Waals surface area (Å²) in [6.45, 7) is 3.77. The van der Waals surface area contributed by atoms with E-state index in [9.17, 15) is 9.59 Å². The number of nitrogens with zero attached hydrogens (tertiary/aromatic N) is 2. The normalized spacial score (nSPS) is 11.2. The summed E-state index contributed by atoms with van der Waals surface area (Å²) in [6, 6.07) is 8.96. The van der Waals surface area contributed by atoms with Crippen LogP contribution in [0.2, 0.25) is 0 Å². The third kappa shape index (κ3) is 4.29. The molecule has 0 saturated carbocycles. The summed E-state index contributed by atoms with van der Waals surface area (Å²) in [5.74, 6) is -0.213. The van der Waals surface area contributed by atoms with Crippen LogP contribution < -0.4 is 5.32 Å². The molecule has 1 aromatic carbocycles. The van der Waals surface area contributed by atoms with E-state index in [1.807, 2.05) is 6.07 Å². The predicted octanol–water partition coefficient (Wildman–Crippen LogP) is 2.80. The van der Waals surface area contributed by atoms with E-state index in [2.05, 4.69) is 10.4 Å². The second kappa shape index (κ2) is 7.40. The highest BCUT2D eigenvalue weighted by molar-refractivity contribution is 6.05. The van der Waals surface area contributed by atoms with Gasteiger partial charge < -0.3 is 10.1 Å². The number of rotatable bonds is 6. The Morgan fingerprint density at radius 1 is 1.30 bits per heavy atom. The van der Waals surface area contributed by atoms with E-state index in [1.165, 1.54) is 10.8 Å². The molecule has 0 aliphatic carbocycles. The summed E-state index contributed by atoms with van der Waals surface area (Å²) in [5.41, 5.74) is 1.51. The molecule has 0 spiro atoms. The van der Waals surface area contributed by atoms with Gasteiger partial charge in [-0.1, -0.05) is 30.3 Å². The molecular formula is C17H19N3O3. The Bertz CT molecular complexity index is 733. The molecule has 0 aliphatic heterocycles. The molecule has 0 atom stereocenters. The molecule has 2 aromatic rings. The van der Waals surface area contributed by atoms with E-state index in [1.54, 1.807) is 51.4 Å². The number of nitrogens with one attached hydrogen (secondary N) is 1. The minimum Gasteiger partial charge on any atom is -0.462 e. The number of carbonyl (C=O) groups is 2. The molecule has 6 nitrogen and oxygen atoms in total. The number of aryl methyl sites for hydroxylation is 1. The fourth-order valence-electron chi connectivity index (χ4n) is 2.04. The van der Waals surface area contributed by atoms with Gasteiger partial charge in [0.15, 0.2) is 11.6 Å². The van der Waals surface area contributed by atoms with Gasteiger partial charge in [-0.25, -0.2) is 4.79 Å². The van der Waals surface area contributed by atoms with Crippen LogP contribution in [0.15, 0.2) is 48.3 Å². The number of aromatic nitrogens is 2. The van der Waals surface area contributed by atoms with E-state index >= 15 is 0 Å². The Balaban J connectivity index is 2.17. The highest BCUT2D eigenvalue weighted by atomic mass is 16.5. The quantitative estimate of drug-likeness (QED) is 0.504. The first-order chi connectivity index (χ1) is 11.0. The van der Waals surface area contributed by atoms with E-state index in [-0.39, 0.29) is 12.4 Å². The maximum Gasteiger partial charge on any atom is 0.343 e. The van der Waals surface area contributed by atoms with Crippen LogP contribution in [0.3, 0.4) is 0 Å². The first-order valence-electron chi connectivity index (χ1n) is 7.26. The molecule has 0 unspecified atom stereocenters. The molecule has 0 aliphatic rings. The summed E-state index contributed by atoms with van der Waals surface area (Å²) >= 11 is 0. The van der Waals surface area contributed by atoms with Crippen LogP contribution >= 0.6 is 0 Å². The maximum atomic E-state index is 12.1. The van der Waals surface area contributed by atoms with E-state index in [0.717, 1.165) is 0 Å². The number of allylic oxidation sites excluding steroid dienone is 2. The number of benzene rings is 1. The van der Waals surface area contributed by atoms with Crippen LogP contribution in [0.1, 0.15) is 34.6 Å². The molecule has 0 fully saturated rings. The minimum absolute atomic E-state index is 0.121. The second-order valence-corrected chi connectivity index (χ2v) is 4.97. The number of ketones is 1. The molecule has 0 radical (unpaired) electrons. The highest BCUT2D eigenvalue weighted by Crippen LogP contribution is 2.16. The van der Waals surface area contributed by atoms with Crippen molar-refractivity contribution in [1.29, 1.82) is 0 Å². The standard InChI is InChI=1S/C17H19N3O3/c1-4-23-17(22)14-11-20(3)19-16(14)18-12(2)10-15(21)13-8-6-5-7-9-13/h5-11H,4H2,1-3H3,(H,18,19)/b12-10-. The number of carbonyl (C=O) groups excluding carboxylic acids is 2. The zero-order valence-corrected chi connectivity index (χ0v) is 13.4. The zero-order chi connectivity index (χ0) is 16.8. The van der Waals surface area contributed by atoms with Gasteiger partial charge in [-0.15, -0.1) is 0 Å². The van der Waals surface area contributed by atoms with Gasteiger partial charge in [0.05, 0.1) is 6.61 Å². The van der Waals surface area contributed by atoms with Crippen molar-refractivity contribution >= 4 is 17.6 Å². The molecule has 1 aromatic heterocycles. The van der Waals surface area contributed by atoms with Crippen LogP contribution in [0.4, 0.5) is 5.82 Å². The van der Waals surface area contributed by atoms with E-state index < -0.39 is 5.97 Å². The fourth-order valence-corrected chi connectivity index (χ4v) is 2.04. The Kier molecular flexibility index (Phi) is 5.30. The van der Waals surface area contributed by atoms with Gasteiger partial charge in [0.1, 0.15) is 5.56 Å². The molecule has 23 heavy (non-hydrogen) atoms. The maximum absolute atomic E-state index is 12.1. The summed E-state index contributed by atoms with van der Waals surface area (Å²) in [4.78, 5) is 24.0. The van der Waals surface area contributed by atoms with E-state index in [4.69, 9.17) is 4.74 Å². The van der Waals surface area contributed by atoms with Crippen LogP contribution in [0, 0.1) is 0 Å². The van der Waals surface area contributed by atoms with Gasteiger partial charge in [0.25, 0.3) is 0 Å². The lowest BCUT2D eigenvalue weighted by Gasteiger charge is -2.06. The Morgan fingerprint density at radius 3 is 2.65 bits per heavy atom. The average molecular weight is 313 g/mol. The molecule has 6 heteroatoms. The average Bonchev–Trinajstić information content (AvgIpc) is 2.88. The minimum atomic E-state index is -0.453. The molecular weight excluding hydrogens is 294 g/mol. The molecule has 2 rings (SSSR count). The van der Waals surface area contributed by atoms with Gasteiger partial charge in [-0.2, -0.15) is 5.10 Å². The van der Waals surface area contributed by atoms with Gasteiger partial charge >= 0.3 is 5.97 Å². The number of anilines is 1. The Hall–Kier alpha value is -2.89. The first kappa shape index (κ1) is 16.5. The lowest BCUT2D eigenvalue weighted by molar-refractivity contribution is 0.0527. The fraction of sp³-hybridized carbons (Fsp3) is 0.235. The van der Waals surface area contributed by atoms with Crippen molar-refractivity contribution in [2.75, 3.05) is 11.9 Å². The van der Waals surface area contributed by atoms with Crippen LogP contribution in [-0.2, 0) is 11.8 Å². The molecule has 120 valence electrons. The van der Waals surface area contributed by atoms with Crippen molar-refractivity contribution < 1.29 is 14.3 Å². The van der Waals surface area contributed by atoms with Gasteiger partial charge in [0.2, 0.25) is 0 Å². The summed E-state index contributed by atoms with van der Waals surface area (Å²) in [7, 11) is 1.71. The summed E-state index contributed by atoms with van der Waals surface area (Å²) in [6.07, 6.45) is 3.05. The van der Waals surface area contributed by atoms with Crippen molar-refractivity contribution in [2.24, 2.45) is 7.05 Å². The SMILES string of the molecule is CCOC(=O)c1cn(C)nc1N/C(C)=C\C(=O)c1ccccc1. The van der Waals surface area contributed by atoms with Crippen molar-refractivity contribution in [1.82, 2.24) is 9.78 Å². The van der Waals surface area contributed by atoms with Crippen LogP contribution in [0.5, 0.6) is 0 Å². The molecule has 0 amide bonds. The molecule has 0 bridgehead atoms. The lowest BCUT2D eigenvalue weighted by atomic mass is 10.1. The third-order valence-electron chi connectivity index (χ3n) is 3.05. The predicted molar refractivity (Wildman–Crippen MR) is 87.3 cm³/mol. The third-order valence-corrected chi connectivity index (χ3v) is 3.05. The Labute approximate surface area is 134 Å². The molecule has 1 N–H and O–H groups in total. The van der Waals surface area contributed by atoms with Gasteiger partial charge in [0, 0.05) is 30.6 Å². The van der Waals surface area contributed by atoms with Gasteiger partial charge in [-0.05, 0) is 13.8 Å². The number of hydrogen-bond acceptors (Lipinski definition) is 5. The second-order valence-electron chi connectivity index (χ2n) is 4.97. The Morgan fingerprint density at radius 2 is 2.00 bits per heavy atom. The monoisotopic (exact) mass is 313 g/mol. The number of ether oxygens (including phenoxy) is 1. The van der Waals surface area contributed by atoms with Crippen LogP contribution in [0.25, 0.3) is 0 Å². The van der Waals surface area contributed by atoms with E-state index in [0.29, 0.717) is 22.6 Å².